The van der Waals surface area contributed by atoms with Crippen LogP contribution < -0.4 is 5.32 Å². The Balaban J connectivity index is 2.50. The van der Waals surface area contributed by atoms with Gasteiger partial charge in [-0.3, -0.25) is 13.8 Å². The fraction of sp³-hybridized carbons (Fsp3) is 0.385. The molecule has 1 aromatic carbocycles. The summed E-state index contributed by atoms with van der Waals surface area (Å²) < 4.78 is 11.6. The summed E-state index contributed by atoms with van der Waals surface area (Å²) >= 11 is 0. The molecule has 0 aliphatic heterocycles. The fourth-order valence-corrected chi connectivity index (χ4v) is 2.64. The Hall–Kier alpha value is -1.69. The lowest BCUT2D eigenvalue weighted by molar-refractivity contribution is -0.140. The molecule has 0 fully saturated rings. The number of rotatable bonds is 6. The van der Waals surface area contributed by atoms with E-state index in [0.29, 0.717) is 5.69 Å². The number of carbonyl (C=O) groups is 2. The number of carboxylic acid groups (broad SMARTS) is 1. The Kier molecular flexibility index (Phi) is 5.69. The zero-order valence-corrected chi connectivity index (χ0v) is 11.7. The smallest absolute Gasteiger partial charge is 0.307 e. The van der Waals surface area contributed by atoms with Gasteiger partial charge in [-0.15, -0.1) is 0 Å². The molecule has 0 heterocycles. The average molecular weight is 283 g/mol. The highest BCUT2D eigenvalue weighted by Crippen LogP contribution is 2.13. The van der Waals surface area contributed by atoms with Crippen molar-refractivity contribution in [2.45, 2.75) is 13.8 Å². The second kappa shape index (κ2) is 7.04. The van der Waals surface area contributed by atoms with Crippen LogP contribution >= 0.6 is 0 Å². The van der Waals surface area contributed by atoms with Crippen molar-refractivity contribution in [3.05, 3.63) is 29.8 Å². The quantitative estimate of drug-likeness (QED) is 0.826. The molecule has 0 aromatic heterocycles. The summed E-state index contributed by atoms with van der Waals surface area (Å²) in [5.41, 5.74) is 1.59. The van der Waals surface area contributed by atoms with Crippen LogP contribution in [0.4, 0.5) is 5.69 Å². The number of amides is 1. The van der Waals surface area contributed by atoms with Gasteiger partial charge in [0.1, 0.15) is 5.75 Å². The molecule has 0 radical (unpaired) electrons. The Bertz CT molecular complexity index is 501. The number of anilines is 1. The average Bonchev–Trinajstić information content (AvgIpc) is 2.31. The molecule has 0 saturated heterocycles. The Morgan fingerprint density at radius 2 is 2.00 bits per heavy atom. The number of hydrogen-bond donors (Lipinski definition) is 2. The van der Waals surface area contributed by atoms with Crippen molar-refractivity contribution in [1.82, 2.24) is 0 Å². The van der Waals surface area contributed by atoms with Crippen LogP contribution in [0.2, 0.25) is 0 Å². The number of carbonyl (C=O) groups excluding carboxylic acids is 1. The van der Waals surface area contributed by atoms with E-state index >= 15 is 0 Å². The summed E-state index contributed by atoms with van der Waals surface area (Å²) in [7, 11) is -1.47. The number of nitrogens with one attached hydrogen (secondary N) is 1. The van der Waals surface area contributed by atoms with E-state index < -0.39 is 22.7 Å². The second-order valence-electron chi connectivity index (χ2n) is 4.35. The third kappa shape index (κ3) is 5.21. The lowest BCUT2D eigenvalue weighted by Crippen LogP contribution is -2.25. The molecule has 5 nitrogen and oxygen atoms in total. The third-order valence-corrected chi connectivity index (χ3v) is 4.02. The molecule has 0 saturated carbocycles. The van der Waals surface area contributed by atoms with Crippen LogP contribution in [0, 0.1) is 12.8 Å². The van der Waals surface area contributed by atoms with Crippen LogP contribution in [0.1, 0.15) is 12.5 Å². The molecular weight excluding hydrogens is 266 g/mol. The van der Waals surface area contributed by atoms with Gasteiger partial charge in [0.2, 0.25) is 5.91 Å². The molecule has 2 atom stereocenters. The van der Waals surface area contributed by atoms with Crippen molar-refractivity contribution >= 4 is 28.4 Å². The minimum absolute atomic E-state index is 0.0173. The second-order valence-corrected chi connectivity index (χ2v) is 5.85. The SMILES string of the molecule is Cc1ccccc1NC(=O)CS(=O)CC(C)C(=O)O. The molecule has 1 aromatic rings. The summed E-state index contributed by atoms with van der Waals surface area (Å²) in [6, 6.07) is 7.28. The van der Waals surface area contributed by atoms with E-state index in [2.05, 4.69) is 5.32 Å². The molecule has 2 unspecified atom stereocenters. The molecule has 1 amide bonds. The van der Waals surface area contributed by atoms with Gasteiger partial charge in [0.15, 0.2) is 0 Å². The van der Waals surface area contributed by atoms with Crippen molar-refractivity contribution in [2.24, 2.45) is 5.92 Å². The van der Waals surface area contributed by atoms with E-state index in [1.807, 2.05) is 19.1 Å². The van der Waals surface area contributed by atoms with Crippen LogP contribution in [0.5, 0.6) is 0 Å². The van der Waals surface area contributed by atoms with Gasteiger partial charge in [0, 0.05) is 22.2 Å². The van der Waals surface area contributed by atoms with Crippen LogP contribution in [-0.2, 0) is 20.4 Å². The number of aryl methyl sites for hydroxylation is 1. The van der Waals surface area contributed by atoms with Gasteiger partial charge in [0.05, 0.1) is 5.92 Å². The van der Waals surface area contributed by atoms with Gasteiger partial charge in [-0.1, -0.05) is 25.1 Å². The standard InChI is InChI=1S/C13H17NO4S/c1-9-5-3-4-6-11(9)14-12(15)8-19(18)7-10(2)13(16)17/h3-6,10H,7-8H2,1-2H3,(H,14,15)(H,16,17). The molecule has 0 bridgehead atoms. The maximum Gasteiger partial charge on any atom is 0.307 e. The van der Waals surface area contributed by atoms with Gasteiger partial charge >= 0.3 is 5.97 Å². The van der Waals surface area contributed by atoms with E-state index in [1.165, 1.54) is 6.92 Å². The van der Waals surface area contributed by atoms with Crippen LogP contribution in [0.25, 0.3) is 0 Å². The topological polar surface area (TPSA) is 83.5 Å². The van der Waals surface area contributed by atoms with Crippen molar-refractivity contribution < 1.29 is 18.9 Å². The highest BCUT2D eigenvalue weighted by molar-refractivity contribution is 7.85. The highest BCUT2D eigenvalue weighted by atomic mass is 32.2. The fourth-order valence-electron chi connectivity index (χ4n) is 1.45. The number of para-hydroxylation sites is 1. The monoisotopic (exact) mass is 283 g/mol. The largest absolute Gasteiger partial charge is 0.481 e. The number of hydrogen-bond acceptors (Lipinski definition) is 3. The van der Waals surface area contributed by atoms with E-state index in [1.54, 1.807) is 12.1 Å². The number of aliphatic carboxylic acids is 1. The van der Waals surface area contributed by atoms with Gasteiger partial charge in [-0.2, -0.15) is 0 Å². The molecule has 104 valence electrons. The molecule has 19 heavy (non-hydrogen) atoms. The maximum atomic E-state index is 11.7. The number of carboxylic acids is 1. The van der Waals surface area contributed by atoms with E-state index in [-0.39, 0.29) is 17.4 Å². The first-order valence-corrected chi connectivity index (χ1v) is 7.32. The minimum atomic E-state index is -1.47. The first-order chi connectivity index (χ1) is 8.90. The van der Waals surface area contributed by atoms with Crippen molar-refractivity contribution in [3.63, 3.8) is 0 Å². The Morgan fingerprint density at radius 3 is 2.58 bits per heavy atom. The summed E-state index contributed by atoms with van der Waals surface area (Å²) in [6.07, 6.45) is 0. The first kappa shape index (κ1) is 15.4. The molecule has 6 heteroatoms. The molecule has 2 N–H and O–H groups in total. The van der Waals surface area contributed by atoms with Crippen LogP contribution in [0.3, 0.4) is 0 Å². The summed E-state index contributed by atoms with van der Waals surface area (Å²) in [6.45, 7) is 3.33. The molecule has 1 rings (SSSR count). The summed E-state index contributed by atoms with van der Waals surface area (Å²) in [5, 5.41) is 11.4. The first-order valence-electron chi connectivity index (χ1n) is 5.83. The minimum Gasteiger partial charge on any atom is -0.481 e. The maximum absolute atomic E-state index is 11.7. The lowest BCUT2D eigenvalue weighted by Gasteiger charge is -2.09. The van der Waals surface area contributed by atoms with Crippen molar-refractivity contribution in [2.75, 3.05) is 16.8 Å². The summed E-state index contributed by atoms with van der Waals surface area (Å²) in [5.74, 6) is -2.30. The highest BCUT2D eigenvalue weighted by Gasteiger charge is 2.17. The number of benzene rings is 1. The van der Waals surface area contributed by atoms with E-state index in [9.17, 15) is 13.8 Å². The van der Waals surface area contributed by atoms with E-state index in [0.717, 1.165) is 5.56 Å². The lowest BCUT2D eigenvalue weighted by atomic mass is 10.2. The van der Waals surface area contributed by atoms with Crippen molar-refractivity contribution in [1.29, 1.82) is 0 Å². The van der Waals surface area contributed by atoms with Crippen LogP contribution in [-0.4, -0.2) is 32.7 Å². The normalized spacial score (nSPS) is 13.6. The van der Waals surface area contributed by atoms with Gasteiger partial charge in [0.25, 0.3) is 0 Å². The zero-order chi connectivity index (χ0) is 14.4. The van der Waals surface area contributed by atoms with Gasteiger partial charge in [-0.05, 0) is 18.6 Å². The predicted octanol–water partition coefficient (Wildman–Crippen LogP) is 1.40. The van der Waals surface area contributed by atoms with Crippen molar-refractivity contribution in [3.8, 4) is 0 Å². The van der Waals surface area contributed by atoms with Gasteiger partial charge in [-0.25, -0.2) is 0 Å². The summed E-state index contributed by atoms with van der Waals surface area (Å²) in [4.78, 5) is 22.3. The molecular formula is C13H17NO4S. The van der Waals surface area contributed by atoms with Crippen LogP contribution in [0.15, 0.2) is 24.3 Å². The zero-order valence-electron chi connectivity index (χ0n) is 10.9. The Morgan fingerprint density at radius 1 is 1.37 bits per heavy atom. The Labute approximate surface area is 114 Å². The third-order valence-electron chi connectivity index (χ3n) is 2.57. The molecule has 0 spiro atoms. The van der Waals surface area contributed by atoms with Gasteiger partial charge < -0.3 is 10.4 Å². The molecule has 0 aliphatic carbocycles. The predicted molar refractivity (Wildman–Crippen MR) is 74.5 cm³/mol. The molecule has 0 aliphatic rings. The van der Waals surface area contributed by atoms with E-state index in [4.69, 9.17) is 5.11 Å².